The van der Waals surface area contributed by atoms with Gasteiger partial charge in [0.05, 0.1) is 25.4 Å². The molecule has 5 heteroatoms. The third-order valence-electron chi connectivity index (χ3n) is 3.17. The summed E-state index contributed by atoms with van der Waals surface area (Å²) in [5.41, 5.74) is 12.5. The van der Waals surface area contributed by atoms with Crippen LogP contribution < -0.4 is 19.9 Å². The smallest absolute Gasteiger partial charge is 0.177 e. The van der Waals surface area contributed by atoms with E-state index in [-0.39, 0.29) is 0 Å². The minimum absolute atomic E-state index is 0.512. The van der Waals surface area contributed by atoms with Crippen molar-refractivity contribution in [1.29, 1.82) is 0 Å². The molecule has 1 aromatic heterocycles. The average Bonchev–Trinajstić information content (AvgIpc) is 2.56. The van der Waals surface area contributed by atoms with Crippen LogP contribution in [-0.4, -0.2) is 19.2 Å². The van der Waals surface area contributed by atoms with E-state index in [2.05, 4.69) is 16.4 Å². The van der Waals surface area contributed by atoms with Crippen LogP contribution in [0.3, 0.4) is 0 Å². The summed E-state index contributed by atoms with van der Waals surface area (Å²) < 4.78 is 16.5. The molecule has 0 saturated carbocycles. The van der Waals surface area contributed by atoms with Gasteiger partial charge in [-0.25, -0.2) is 0 Å². The molecule has 110 valence electrons. The number of rotatable bonds is 4. The van der Waals surface area contributed by atoms with Crippen molar-refractivity contribution in [2.24, 2.45) is 5.73 Å². The number of aromatic nitrogens is 1. The second kappa shape index (κ2) is 5.70. The van der Waals surface area contributed by atoms with Gasteiger partial charge in [0.15, 0.2) is 17.3 Å². The van der Waals surface area contributed by atoms with Gasteiger partial charge in [0, 0.05) is 17.6 Å². The zero-order valence-electron chi connectivity index (χ0n) is 12.2. The first-order chi connectivity index (χ1) is 10.7. The van der Waals surface area contributed by atoms with Gasteiger partial charge < -0.3 is 19.9 Å². The van der Waals surface area contributed by atoms with E-state index in [1.807, 2.05) is 6.07 Å². The van der Waals surface area contributed by atoms with Crippen LogP contribution >= 0.6 is 0 Å². The van der Waals surface area contributed by atoms with Crippen molar-refractivity contribution in [2.45, 2.75) is 0 Å². The van der Waals surface area contributed by atoms with Gasteiger partial charge in [0.2, 0.25) is 0 Å². The van der Waals surface area contributed by atoms with Gasteiger partial charge in [-0.05, 0) is 35.7 Å². The van der Waals surface area contributed by atoms with Crippen molar-refractivity contribution in [3.8, 4) is 17.2 Å². The molecule has 3 rings (SSSR count). The first-order valence-electron chi connectivity index (χ1n) is 6.59. The summed E-state index contributed by atoms with van der Waals surface area (Å²) in [5, 5.41) is 0.811. The van der Waals surface area contributed by atoms with Crippen molar-refractivity contribution in [1.82, 2.24) is 4.98 Å². The van der Waals surface area contributed by atoms with E-state index in [9.17, 15) is 0 Å². The van der Waals surface area contributed by atoms with E-state index in [0.717, 1.165) is 10.9 Å². The fourth-order valence-corrected chi connectivity index (χ4v) is 2.10. The number of nitrogens with zero attached hydrogens (tertiary/aromatic N) is 1. The van der Waals surface area contributed by atoms with Crippen LogP contribution in [0.25, 0.3) is 10.9 Å². The van der Waals surface area contributed by atoms with Gasteiger partial charge in [-0.1, -0.05) is 0 Å². The molecule has 0 fully saturated rings. The fraction of sp³-hybridized carbons (Fsp3) is 0.118. The summed E-state index contributed by atoms with van der Waals surface area (Å²) in [7, 11) is 3.17. The van der Waals surface area contributed by atoms with Gasteiger partial charge in [-0.3, -0.25) is 4.98 Å². The highest BCUT2D eigenvalue weighted by Gasteiger charge is 2.11. The first-order valence-corrected chi connectivity index (χ1v) is 6.59. The molecule has 0 spiro atoms. The van der Waals surface area contributed by atoms with Crippen LogP contribution in [0.2, 0.25) is 0 Å². The van der Waals surface area contributed by atoms with E-state index in [4.69, 9.17) is 19.9 Å². The molecule has 0 atom stereocenters. The van der Waals surface area contributed by atoms with Crippen LogP contribution in [0.15, 0.2) is 59.5 Å². The standard InChI is InChI=1S/C17H14N2O3/c1-20-16-9-13-14(10-17(16)21-2)19-8-7-15(13)22-12-5-3-11(18)4-6-12/h3,5,7-10H,18H2,1-2H3. The van der Waals surface area contributed by atoms with Crippen molar-refractivity contribution in [3.05, 3.63) is 59.5 Å². The number of methoxy groups -OCH3 is 2. The molecule has 2 aromatic rings. The second-order valence-electron chi connectivity index (χ2n) is 4.54. The predicted molar refractivity (Wildman–Crippen MR) is 82.9 cm³/mol. The Bertz CT molecular complexity index is 871. The molecule has 2 N–H and O–H groups in total. The van der Waals surface area contributed by atoms with Crippen LogP contribution in [0, 0.1) is 0 Å². The molecule has 1 aromatic carbocycles. The number of hydrogen-bond acceptors (Lipinski definition) is 5. The zero-order chi connectivity index (χ0) is 15.5. The lowest BCUT2D eigenvalue weighted by molar-refractivity contribution is 0.355. The SMILES string of the molecule is COc1cc2nccc(OC3=C=C=C(N)C=C3)c2cc1OC. The summed E-state index contributed by atoms with van der Waals surface area (Å²) >= 11 is 0. The van der Waals surface area contributed by atoms with Crippen LogP contribution in [0.1, 0.15) is 0 Å². The van der Waals surface area contributed by atoms with Crippen molar-refractivity contribution < 1.29 is 14.2 Å². The Labute approximate surface area is 127 Å². The molecule has 0 radical (unpaired) electrons. The molecule has 0 saturated heterocycles. The Balaban J connectivity index is 2.11. The Morgan fingerprint density at radius 2 is 1.77 bits per heavy atom. The summed E-state index contributed by atoms with van der Waals surface area (Å²) in [5.74, 6) is 2.39. The van der Waals surface area contributed by atoms with Crippen molar-refractivity contribution in [3.63, 3.8) is 0 Å². The molecule has 1 aliphatic carbocycles. The maximum absolute atomic E-state index is 5.84. The summed E-state index contributed by atoms with van der Waals surface area (Å²) in [4.78, 5) is 4.33. The third kappa shape index (κ3) is 2.54. The molecule has 0 bridgehead atoms. The van der Waals surface area contributed by atoms with E-state index in [0.29, 0.717) is 28.7 Å². The van der Waals surface area contributed by atoms with Crippen LogP contribution in [-0.2, 0) is 0 Å². The lowest BCUT2D eigenvalue weighted by atomic mass is 10.2. The minimum atomic E-state index is 0.512. The summed E-state index contributed by atoms with van der Waals surface area (Å²) in [6, 6.07) is 5.41. The number of allylic oxidation sites excluding steroid dienone is 2. The highest BCUT2D eigenvalue weighted by atomic mass is 16.5. The maximum atomic E-state index is 5.84. The molecule has 5 nitrogen and oxygen atoms in total. The number of ether oxygens (including phenoxy) is 3. The van der Waals surface area contributed by atoms with Gasteiger partial charge in [0.25, 0.3) is 0 Å². The summed E-state index contributed by atoms with van der Waals surface area (Å²) in [6.45, 7) is 0. The van der Waals surface area contributed by atoms with Crippen molar-refractivity contribution in [2.75, 3.05) is 14.2 Å². The number of benzene rings is 1. The van der Waals surface area contributed by atoms with Gasteiger partial charge in [-0.15, -0.1) is 0 Å². The highest BCUT2D eigenvalue weighted by molar-refractivity contribution is 5.88. The van der Waals surface area contributed by atoms with Crippen molar-refractivity contribution >= 4 is 10.9 Å². The molecule has 0 aliphatic heterocycles. The van der Waals surface area contributed by atoms with Crippen LogP contribution in [0.4, 0.5) is 0 Å². The molecular weight excluding hydrogens is 280 g/mol. The summed E-state index contributed by atoms with van der Waals surface area (Å²) in [6.07, 6.45) is 5.11. The molecule has 0 unspecified atom stereocenters. The minimum Gasteiger partial charge on any atom is -0.493 e. The number of pyridine rings is 1. The third-order valence-corrected chi connectivity index (χ3v) is 3.17. The fourth-order valence-electron chi connectivity index (χ4n) is 2.10. The van der Waals surface area contributed by atoms with Gasteiger partial charge >= 0.3 is 0 Å². The lowest BCUT2D eigenvalue weighted by Gasteiger charge is -2.12. The van der Waals surface area contributed by atoms with Gasteiger partial charge in [0.1, 0.15) is 5.75 Å². The van der Waals surface area contributed by atoms with Gasteiger partial charge in [-0.2, -0.15) is 0 Å². The number of nitrogens with two attached hydrogens (primary N) is 1. The molecule has 0 amide bonds. The Morgan fingerprint density at radius 3 is 2.45 bits per heavy atom. The lowest BCUT2D eigenvalue weighted by Crippen LogP contribution is -1.98. The quantitative estimate of drug-likeness (QED) is 0.878. The topological polar surface area (TPSA) is 66.6 Å². The molecule has 1 aliphatic rings. The monoisotopic (exact) mass is 294 g/mol. The first kappa shape index (κ1) is 13.8. The van der Waals surface area contributed by atoms with E-state index >= 15 is 0 Å². The van der Waals surface area contributed by atoms with E-state index < -0.39 is 0 Å². The molecular formula is C17H14N2O3. The predicted octanol–water partition coefficient (Wildman–Crippen LogP) is 2.68. The maximum Gasteiger partial charge on any atom is 0.177 e. The molecule has 1 heterocycles. The second-order valence-corrected chi connectivity index (χ2v) is 4.54. The Morgan fingerprint density at radius 1 is 1.00 bits per heavy atom. The largest absolute Gasteiger partial charge is 0.493 e. The molecule has 22 heavy (non-hydrogen) atoms. The number of fused-ring (bicyclic) bond motifs is 1. The number of hydrogen-bond donors (Lipinski definition) is 1. The van der Waals surface area contributed by atoms with E-state index in [1.165, 1.54) is 0 Å². The normalized spacial score (nSPS) is 12.8. The highest BCUT2D eigenvalue weighted by Crippen LogP contribution is 2.35. The van der Waals surface area contributed by atoms with Crippen LogP contribution in [0.5, 0.6) is 17.2 Å². The van der Waals surface area contributed by atoms with E-state index in [1.54, 1.807) is 44.7 Å². The Kier molecular flexibility index (Phi) is 3.58. The average molecular weight is 294 g/mol. The Hall–Kier alpha value is -3.13. The zero-order valence-corrected chi connectivity index (χ0v) is 12.2.